The molecule has 0 N–H and O–H groups in total. The van der Waals surface area contributed by atoms with Gasteiger partial charge in [-0.25, -0.2) is 4.90 Å². The van der Waals surface area contributed by atoms with Crippen molar-refractivity contribution in [1.29, 1.82) is 0 Å². The molecule has 1 heterocycles. The standard InChI is InChI=1S/C21H30BNO2S/c1-6-7-12-26-17-13-18(24)23(19(17)25)16-10-8-15(9-11-16)20(2,3)14-21(4,5)22/h8-11,17H,6-7,12-14H2,1-5H3. The Kier molecular flexibility index (Phi) is 6.65. The summed E-state index contributed by atoms with van der Waals surface area (Å²) in [4.78, 5) is 26.4. The number of thioether (sulfide) groups is 1. The minimum absolute atomic E-state index is 0.0751. The summed E-state index contributed by atoms with van der Waals surface area (Å²) >= 11 is 1.61. The maximum atomic E-state index is 12.6. The molecule has 0 aromatic heterocycles. The number of unbranched alkanes of at least 4 members (excludes halogenated alkanes) is 1. The number of benzene rings is 1. The predicted molar refractivity (Wildman–Crippen MR) is 112 cm³/mol. The quantitative estimate of drug-likeness (QED) is 0.371. The summed E-state index contributed by atoms with van der Waals surface area (Å²) in [5.41, 5.74) is 1.76. The van der Waals surface area contributed by atoms with Gasteiger partial charge in [-0.05, 0) is 41.7 Å². The molecule has 0 bridgehead atoms. The van der Waals surface area contributed by atoms with Crippen LogP contribution in [0.3, 0.4) is 0 Å². The number of hydrogen-bond donors (Lipinski definition) is 0. The van der Waals surface area contributed by atoms with Crippen molar-refractivity contribution in [2.45, 2.75) is 76.3 Å². The highest BCUT2D eigenvalue weighted by molar-refractivity contribution is 8.00. The van der Waals surface area contributed by atoms with Gasteiger partial charge in [0.2, 0.25) is 11.8 Å². The van der Waals surface area contributed by atoms with Crippen LogP contribution >= 0.6 is 11.8 Å². The van der Waals surface area contributed by atoms with Gasteiger partial charge in [-0.2, -0.15) is 0 Å². The van der Waals surface area contributed by atoms with E-state index in [0.717, 1.165) is 30.6 Å². The van der Waals surface area contributed by atoms with Crippen molar-refractivity contribution in [3.05, 3.63) is 29.8 Å². The summed E-state index contributed by atoms with van der Waals surface area (Å²) in [6.07, 6.45) is 3.32. The van der Waals surface area contributed by atoms with Gasteiger partial charge in [-0.3, -0.25) is 9.59 Å². The van der Waals surface area contributed by atoms with Crippen molar-refractivity contribution in [2.75, 3.05) is 10.7 Å². The van der Waals surface area contributed by atoms with Gasteiger partial charge < -0.3 is 0 Å². The van der Waals surface area contributed by atoms with E-state index in [1.807, 2.05) is 38.1 Å². The Labute approximate surface area is 163 Å². The molecule has 1 aliphatic heterocycles. The first-order valence-electron chi connectivity index (χ1n) is 9.43. The fourth-order valence-corrected chi connectivity index (χ4v) is 4.93. The Hall–Kier alpha value is -1.23. The van der Waals surface area contributed by atoms with E-state index in [-0.39, 0.29) is 27.8 Å². The average Bonchev–Trinajstić information content (AvgIpc) is 2.80. The van der Waals surface area contributed by atoms with Crippen LogP contribution in [0.15, 0.2) is 24.3 Å². The third-order valence-corrected chi connectivity index (χ3v) is 6.02. The number of amides is 2. The lowest BCUT2D eigenvalue weighted by molar-refractivity contribution is -0.121. The zero-order chi connectivity index (χ0) is 19.5. The van der Waals surface area contributed by atoms with Crippen LogP contribution in [0.25, 0.3) is 0 Å². The molecule has 1 fully saturated rings. The van der Waals surface area contributed by atoms with E-state index in [1.54, 1.807) is 11.8 Å². The van der Waals surface area contributed by atoms with E-state index >= 15 is 0 Å². The number of hydrogen-bond acceptors (Lipinski definition) is 3. The molecule has 2 rings (SSSR count). The zero-order valence-electron chi connectivity index (χ0n) is 16.7. The van der Waals surface area contributed by atoms with Gasteiger partial charge in [0.1, 0.15) is 0 Å². The monoisotopic (exact) mass is 371 g/mol. The second kappa shape index (κ2) is 8.20. The lowest BCUT2D eigenvalue weighted by Gasteiger charge is -2.33. The summed E-state index contributed by atoms with van der Waals surface area (Å²) in [6, 6.07) is 7.79. The summed E-state index contributed by atoms with van der Waals surface area (Å²) in [6.45, 7) is 10.5. The van der Waals surface area contributed by atoms with E-state index < -0.39 is 0 Å². The molecule has 140 valence electrons. The van der Waals surface area contributed by atoms with Gasteiger partial charge >= 0.3 is 0 Å². The Balaban J connectivity index is 2.12. The second-order valence-electron chi connectivity index (χ2n) is 8.58. The third kappa shape index (κ3) is 5.15. The van der Waals surface area contributed by atoms with Gasteiger partial charge in [0.25, 0.3) is 0 Å². The first kappa shape index (κ1) is 21.1. The van der Waals surface area contributed by atoms with Crippen molar-refractivity contribution in [3.63, 3.8) is 0 Å². The molecule has 2 radical (unpaired) electrons. The predicted octanol–water partition coefficient (Wildman–Crippen LogP) is 4.89. The van der Waals surface area contributed by atoms with Crippen LogP contribution in [-0.2, 0) is 15.0 Å². The highest BCUT2D eigenvalue weighted by Crippen LogP contribution is 2.39. The van der Waals surface area contributed by atoms with Crippen molar-refractivity contribution < 1.29 is 9.59 Å². The molecule has 3 nitrogen and oxygen atoms in total. The molecule has 0 spiro atoms. The average molecular weight is 371 g/mol. The highest BCUT2D eigenvalue weighted by atomic mass is 32.2. The van der Waals surface area contributed by atoms with Crippen LogP contribution in [-0.4, -0.2) is 30.7 Å². The van der Waals surface area contributed by atoms with Gasteiger partial charge in [0.05, 0.1) is 18.8 Å². The van der Waals surface area contributed by atoms with Crippen LogP contribution in [0.4, 0.5) is 5.69 Å². The third-order valence-electron chi connectivity index (χ3n) is 4.73. The molecular formula is C21H30BNO2S. The Morgan fingerprint density at radius 2 is 1.77 bits per heavy atom. The van der Waals surface area contributed by atoms with E-state index in [1.165, 1.54) is 4.90 Å². The first-order chi connectivity index (χ1) is 12.0. The van der Waals surface area contributed by atoms with Gasteiger partial charge in [0, 0.05) is 6.42 Å². The molecule has 0 aliphatic carbocycles. The molecule has 1 atom stereocenters. The topological polar surface area (TPSA) is 37.4 Å². The van der Waals surface area contributed by atoms with E-state index in [9.17, 15) is 9.59 Å². The number of imide groups is 1. The lowest BCUT2D eigenvalue weighted by atomic mass is 9.62. The van der Waals surface area contributed by atoms with Gasteiger partial charge in [0.15, 0.2) is 0 Å². The lowest BCUT2D eigenvalue weighted by Crippen LogP contribution is -2.31. The molecule has 1 aromatic carbocycles. The largest absolute Gasteiger partial charge is 0.274 e. The summed E-state index contributed by atoms with van der Waals surface area (Å²) in [5, 5.41) is -0.491. The number of anilines is 1. The molecular weight excluding hydrogens is 341 g/mol. The number of carbonyl (C=O) groups is 2. The molecule has 1 aromatic rings. The summed E-state index contributed by atoms with van der Waals surface area (Å²) in [7, 11) is 6.19. The molecule has 1 saturated heterocycles. The number of nitrogens with zero attached hydrogens (tertiary/aromatic N) is 1. The van der Waals surface area contributed by atoms with Crippen molar-refractivity contribution >= 4 is 37.1 Å². The van der Waals surface area contributed by atoms with E-state index in [2.05, 4.69) is 20.8 Å². The van der Waals surface area contributed by atoms with Gasteiger partial charge in [-0.1, -0.05) is 58.5 Å². The molecule has 26 heavy (non-hydrogen) atoms. The minimum atomic E-state index is -0.258. The Bertz CT molecular complexity index is 649. The normalized spacial score (nSPS) is 18.7. The minimum Gasteiger partial charge on any atom is -0.274 e. The van der Waals surface area contributed by atoms with Crippen LogP contribution in [0.1, 0.15) is 65.9 Å². The maximum Gasteiger partial charge on any atom is 0.247 e. The fourth-order valence-electron chi connectivity index (χ4n) is 3.68. The van der Waals surface area contributed by atoms with Crippen molar-refractivity contribution in [2.24, 2.45) is 0 Å². The van der Waals surface area contributed by atoms with Gasteiger partial charge in [-0.15, -0.1) is 11.8 Å². The second-order valence-corrected chi connectivity index (χ2v) is 9.89. The highest BCUT2D eigenvalue weighted by Gasteiger charge is 2.39. The molecule has 1 unspecified atom stereocenters. The molecule has 1 aliphatic rings. The maximum absolute atomic E-state index is 12.6. The SMILES string of the molecule is [B]C(C)(C)CC(C)(C)c1ccc(N2C(=O)CC(SCCCC)C2=O)cc1. The molecule has 0 saturated carbocycles. The number of carbonyl (C=O) groups excluding carboxylic acids is 2. The Morgan fingerprint density at radius 1 is 1.15 bits per heavy atom. The van der Waals surface area contributed by atoms with Crippen LogP contribution in [0, 0.1) is 0 Å². The fraction of sp³-hybridized carbons (Fsp3) is 0.619. The van der Waals surface area contributed by atoms with Crippen LogP contribution in [0.5, 0.6) is 0 Å². The van der Waals surface area contributed by atoms with E-state index in [4.69, 9.17) is 7.85 Å². The molecule has 2 amide bonds. The van der Waals surface area contributed by atoms with Crippen molar-refractivity contribution in [1.82, 2.24) is 0 Å². The smallest absolute Gasteiger partial charge is 0.247 e. The first-order valence-corrected chi connectivity index (χ1v) is 10.5. The van der Waals surface area contributed by atoms with Crippen LogP contribution < -0.4 is 4.90 Å². The van der Waals surface area contributed by atoms with Crippen LogP contribution in [0.2, 0.25) is 5.31 Å². The Morgan fingerprint density at radius 3 is 2.31 bits per heavy atom. The zero-order valence-corrected chi connectivity index (χ0v) is 17.5. The number of rotatable bonds is 8. The van der Waals surface area contributed by atoms with Crippen molar-refractivity contribution in [3.8, 4) is 0 Å². The summed E-state index contributed by atoms with van der Waals surface area (Å²) in [5.74, 6) is 0.751. The van der Waals surface area contributed by atoms with E-state index in [0.29, 0.717) is 12.1 Å². The molecule has 5 heteroatoms. The summed E-state index contributed by atoms with van der Waals surface area (Å²) < 4.78 is 0.